The number of hydrazone groups is 1. The van der Waals surface area contributed by atoms with Crippen molar-refractivity contribution in [3.05, 3.63) is 57.3 Å². The number of hydrogen-bond donors (Lipinski definition) is 1. The topological polar surface area (TPSA) is 63.6 Å². The molecule has 0 unspecified atom stereocenters. The molecule has 0 bridgehead atoms. The fourth-order valence-corrected chi connectivity index (χ4v) is 3.24. The van der Waals surface area contributed by atoms with Gasteiger partial charge >= 0.3 is 0 Å². The van der Waals surface area contributed by atoms with Gasteiger partial charge in [-0.05, 0) is 34.1 Å². The number of amides is 1. The molecule has 0 saturated heterocycles. The number of rotatable bonds is 5. The molecule has 1 aromatic carbocycles. The summed E-state index contributed by atoms with van der Waals surface area (Å²) in [6.07, 6.45) is 3.28. The number of nitrogens with one attached hydrogen (secondary N) is 1. The third-order valence-corrected chi connectivity index (χ3v) is 4.55. The summed E-state index contributed by atoms with van der Waals surface area (Å²) < 4.78 is 6.52. The predicted molar refractivity (Wildman–Crippen MR) is 95.0 cm³/mol. The Kier molecular flexibility index (Phi) is 4.99. The highest BCUT2D eigenvalue weighted by Crippen LogP contribution is 2.22. The Balaban J connectivity index is 1.57. The standard InChI is InChI=1S/C16H12BrN3O2S/c17-12-7-13(23-10-12)8-19-20-15(21)9-22-14-5-1-3-11-4-2-6-18-16(11)14/h1-8,10H,9H2,(H,20,21)/b19-8+. The van der Waals surface area contributed by atoms with Gasteiger partial charge in [-0.2, -0.15) is 5.10 Å². The molecule has 7 heteroatoms. The van der Waals surface area contributed by atoms with Crippen molar-refractivity contribution in [1.82, 2.24) is 10.4 Å². The zero-order valence-electron chi connectivity index (χ0n) is 11.9. The van der Waals surface area contributed by atoms with Crippen LogP contribution in [-0.4, -0.2) is 23.7 Å². The molecular formula is C16H12BrN3O2S. The number of ether oxygens (including phenoxy) is 1. The second-order valence-electron chi connectivity index (χ2n) is 4.58. The summed E-state index contributed by atoms with van der Waals surface area (Å²) in [6, 6.07) is 11.3. The van der Waals surface area contributed by atoms with Crippen molar-refractivity contribution in [2.24, 2.45) is 5.10 Å². The molecule has 116 valence electrons. The maximum Gasteiger partial charge on any atom is 0.277 e. The van der Waals surface area contributed by atoms with Gasteiger partial charge in [0.15, 0.2) is 6.61 Å². The third-order valence-electron chi connectivity index (χ3n) is 2.92. The number of halogens is 1. The van der Waals surface area contributed by atoms with Crippen LogP contribution in [-0.2, 0) is 4.79 Å². The number of hydrogen-bond acceptors (Lipinski definition) is 5. The molecule has 3 rings (SSSR count). The number of para-hydroxylation sites is 1. The Morgan fingerprint density at radius 2 is 2.26 bits per heavy atom. The SMILES string of the molecule is O=C(COc1cccc2cccnc12)N/N=C/c1cc(Br)cs1. The Labute approximate surface area is 145 Å². The van der Waals surface area contributed by atoms with Crippen molar-refractivity contribution in [3.63, 3.8) is 0 Å². The van der Waals surface area contributed by atoms with Crippen LogP contribution in [0.15, 0.2) is 57.5 Å². The molecule has 1 amide bonds. The summed E-state index contributed by atoms with van der Waals surface area (Å²) in [4.78, 5) is 17.0. The molecule has 0 spiro atoms. The molecule has 5 nitrogen and oxygen atoms in total. The first kappa shape index (κ1) is 15.6. The molecule has 0 aliphatic heterocycles. The van der Waals surface area contributed by atoms with Crippen LogP contribution in [0, 0.1) is 0 Å². The monoisotopic (exact) mass is 389 g/mol. The Hall–Kier alpha value is -2.25. The van der Waals surface area contributed by atoms with E-state index >= 15 is 0 Å². The number of carbonyl (C=O) groups is 1. The Morgan fingerprint density at radius 1 is 1.39 bits per heavy atom. The van der Waals surface area contributed by atoms with Gasteiger partial charge in [-0.15, -0.1) is 11.3 Å². The van der Waals surface area contributed by atoms with Crippen LogP contribution in [0.4, 0.5) is 0 Å². The van der Waals surface area contributed by atoms with Gasteiger partial charge in [-0.3, -0.25) is 9.78 Å². The normalized spacial score (nSPS) is 11.0. The molecule has 0 atom stereocenters. The van der Waals surface area contributed by atoms with Crippen LogP contribution in [0.25, 0.3) is 10.9 Å². The van der Waals surface area contributed by atoms with E-state index in [0.717, 1.165) is 20.3 Å². The molecule has 0 aliphatic carbocycles. The predicted octanol–water partition coefficient (Wildman–Crippen LogP) is 3.59. The first-order valence-corrected chi connectivity index (χ1v) is 8.42. The summed E-state index contributed by atoms with van der Waals surface area (Å²) >= 11 is 4.88. The largest absolute Gasteiger partial charge is 0.481 e. The van der Waals surface area contributed by atoms with E-state index < -0.39 is 0 Å². The summed E-state index contributed by atoms with van der Waals surface area (Å²) in [5, 5.41) is 6.81. The number of thiophene rings is 1. The van der Waals surface area contributed by atoms with Crippen LogP contribution in [0.3, 0.4) is 0 Å². The smallest absolute Gasteiger partial charge is 0.277 e. The summed E-state index contributed by atoms with van der Waals surface area (Å²) in [5.41, 5.74) is 3.17. The molecule has 0 radical (unpaired) electrons. The van der Waals surface area contributed by atoms with Crippen LogP contribution in [0.5, 0.6) is 5.75 Å². The number of fused-ring (bicyclic) bond motifs is 1. The van der Waals surface area contributed by atoms with Gasteiger partial charge in [0.05, 0.1) is 6.21 Å². The molecule has 0 fully saturated rings. The molecule has 1 N–H and O–H groups in total. The molecular weight excluding hydrogens is 378 g/mol. The second kappa shape index (κ2) is 7.34. The molecule has 3 aromatic rings. The van der Waals surface area contributed by atoms with E-state index in [1.165, 1.54) is 11.3 Å². The van der Waals surface area contributed by atoms with Gasteiger partial charge in [0, 0.05) is 26.3 Å². The highest BCUT2D eigenvalue weighted by molar-refractivity contribution is 9.10. The van der Waals surface area contributed by atoms with E-state index in [1.807, 2.05) is 35.7 Å². The van der Waals surface area contributed by atoms with Crippen molar-refractivity contribution in [1.29, 1.82) is 0 Å². The maximum absolute atomic E-state index is 11.8. The fraction of sp³-hybridized carbons (Fsp3) is 0.0625. The van der Waals surface area contributed by atoms with Crippen LogP contribution < -0.4 is 10.2 Å². The highest BCUT2D eigenvalue weighted by Gasteiger charge is 2.05. The Morgan fingerprint density at radius 3 is 3.09 bits per heavy atom. The lowest BCUT2D eigenvalue weighted by atomic mass is 10.2. The molecule has 0 aliphatic rings. The summed E-state index contributed by atoms with van der Waals surface area (Å²) in [5.74, 6) is 0.245. The average molecular weight is 390 g/mol. The lowest BCUT2D eigenvalue weighted by Gasteiger charge is -2.07. The van der Waals surface area contributed by atoms with Gasteiger partial charge in [0.25, 0.3) is 5.91 Å². The number of pyridine rings is 1. The van der Waals surface area contributed by atoms with Crippen molar-refractivity contribution in [2.45, 2.75) is 0 Å². The number of nitrogens with zero attached hydrogens (tertiary/aromatic N) is 2. The molecule has 2 heterocycles. The van der Waals surface area contributed by atoms with Crippen molar-refractivity contribution >= 4 is 50.3 Å². The van der Waals surface area contributed by atoms with Crippen LogP contribution in [0.2, 0.25) is 0 Å². The van der Waals surface area contributed by atoms with Crippen LogP contribution in [0.1, 0.15) is 4.88 Å². The fourth-order valence-electron chi connectivity index (χ4n) is 1.93. The zero-order chi connectivity index (χ0) is 16.1. The zero-order valence-corrected chi connectivity index (χ0v) is 14.3. The maximum atomic E-state index is 11.8. The molecule has 2 aromatic heterocycles. The van der Waals surface area contributed by atoms with E-state index in [9.17, 15) is 4.79 Å². The minimum atomic E-state index is -0.329. The molecule has 0 saturated carbocycles. The summed E-state index contributed by atoms with van der Waals surface area (Å²) in [6.45, 7) is -0.124. The second-order valence-corrected chi connectivity index (χ2v) is 6.44. The van der Waals surface area contributed by atoms with Crippen molar-refractivity contribution < 1.29 is 9.53 Å². The lowest BCUT2D eigenvalue weighted by molar-refractivity contribution is -0.123. The minimum Gasteiger partial charge on any atom is -0.481 e. The van der Waals surface area contributed by atoms with Gasteiger partial charge in [-0.25, -0.2) is 5.43 Å². The number of benzene rings is 1. The lowest BCUT2D eigenvalue weighted by Crippen LogP contribution is -2.24. The molecule has 23 heavy (non-hydrogen) atoms. The van der Waals surface area contributed by atoms with Crippen molar-refractivity contribution in [3.8, 4) is 5.75 Å². The summed E-state index contributed by atoms with van der Waals surface area (Å²) in [7, 11) is 0. The minimum absolute atomic E-state index is 0.124. The van der Waals surface area contributed by atoms with Crippen LogP contribution >= 0.6 is 27.3 Å². The third kappa shape index (κ3) is 4.14. The van der Waals surface area contributed by atoms with Gasteiger partial charge in [-0.1, -0.05) is 18.2 Å². The number of aromatic nitrogens is 1. The van der Waals surface area contributed by atoms with E-state index in [1.54, 1.807) is 18.5 Å². The quantitative estimate of drug-likeness (QED) is 0.535. The first-order chi connectivity index (χ1) is 11.2. The Bertz CT molecular complexity index is 858. The van der Waals surface area contributed by atoms with E-state index in [2.05, 4.69) is 31.4 Å². The van der Waals surface area contributed by atoms with Crippen molar-refractivity contribution in [2.75, 3.05) is 6.61 Å². The first-order valence-electron chi connectivity index (χ1n) is 6.75. The average Bonchev–Trinajstić information content (AvgIpc) is 2.98. The van der Waals surface area contributed by atoms with Gasteiger partial charge < -0.3 is 4.74 Å². The van der Waals surface area contributed by atoms with Gasteiger partial charge in [0.2, 0.25) is 0 Å². The highest BCUT2D eigenvalue weighted by atomic mass is 79.9. The van der Waals surface area contributed by atoms with E-state index in [4.69, 9.17) is 4.74 Å². The van der Waals surface area contributed by atoms with Gasteiger partial charge in [0.1, 0.15) is 11.3 Å². The van der Waals surface area contributed by atoms with E-state index in [-0.39, 0.29) is 12.5 Å². The number of carbonyl (C=O) groups excluding carboxylic acids is 1. The van der Waals surface area contributed by atoms with E-state index in [0.29, 0.717) is 5.75 Å².